The van der Waals surface area contributed by atoms with Gasteiger partial charge in [-0.1, -0.05) is 43.9 Å². The average molecular weight is 828 g/mol. The highest BCUT2D eigenvalue weighted by Crippen LogP contribution is 2.33. The molecule has 1 heterocycles. The molecule has 0 bridgehead atoms. The van der Waals surface area contributed by atoms with Crippen LogP contribution in [0, 0.1) is 11.7 Å². The third-order valence-electron chi connectivity index (χ3n) is 8.18. The van der Waals surface area contributed by atoms with E-state index in [2.05, 4.69) is 19.0 Å². The first-order valence-corrected chi connectivity index (χ1v) is 19.8. The predicted octanol–water partition coefficient (Wildman–Crippen LogP) is 6.16. The maximum Gasteiger partial charge on any atom is 0.431 e. The number of hydrogen-bond donors (Lipinski definition) is 2. The van der Waals surface area contributed by atoms with Gasteiger partial charge in [0.15, 0.2) is 5.78 Å². The molecule has 2 N–H and O–H groups in total. The summed E-state index contributed by atoms with van der Waals surface area (Å²) in [4.78, 5) is 54.7. The molecular formula is C34H46ClF4N5O8S2. The molecule has 302 valence electrons. The minimum absolute atomic E-state index is 0.00866. The molecule has 2 atom stereocenters. The number of nitrogens with zero attached hydrogens (tertiary/aromatic N) is 4. The molecule has 1 aliphatic rings. The number of amides is 1. The molecule has 0 saturated carbocycles. The van der Waals surface area contributed by atoms with Crippen LogP contribution in [0.2, 0.25) is 5.02 Å². The lowest BCUT2D eigenvalue weighted by Gasteiger charge is -2.25. The normalized spacial score (nSPS) is 16.0. The molecule has 20 heteroatoms. The lowest BCUT2D eigenvalue weighted by atomic mass is 9.82. The van der Waals surface area contributed by atoms with Crippen LogP contribution in [0.4, 0.5) is 17.6 Å². The van der Waals surface area contributed by atoms with Crippen molar-refractivity contribution in [3.8, 4) is 5.69 Å². The summed E-state index contributed by atoms with van der Waals surface area (Å²) in [6.07, 6.45) is -1.48. The Bertz CT molecular complexity index is 1980. The van der Waals surface area contributed by atoms with Crippen molar-refractivity contribution in [2.24, 2.45) is 18.1 Å². The van der Waals surface area contributed by atoms with Gasteiger partial charge in [-0.3, -0.25) is 19.0 Å². The number of aromatic nitrogens is 2. The summed E-state index contributed by atoms with van der Waals surface area (Å²) in [6.45, 7) is 11.7. The second-order valence-corrected chi connectivity index (χ2v) is 16.5. The number of halogens is 5. The monoisotopic (exact) mass is 827 g/mol. The number of carbonyl (C=O) groups is 2. The van der Waals surface area contributed by atoms with Crippen molar-refractivity contribution in [2.75, 3.05) is 19.4 Å². The third-order valence-corrected chi connectivity index (χ3v) is 11.2. The van der Waals surface area contributed by atoms with Crippen molar-refractivity contribution in [1.82, 2.24) is 18.2 Å². The lowest BCUT2D eigenvalue weighted by molar-refractivity contribution is -0.144. The molecule has 0 fully saturated rings. The van der Waals surface area contributed by atoms with E-state index in [0.29, 0.717) is 54.5 Å². The number of hydrogen-bond acceptors (Lipinski definition) is 10. The van der Waals surface area contributed by atoms with Crippen LogP contribution in [-0.2, 0) is 33.1 Å². The Balaban J connectivity index is 0.000000401. The van der Waals surface area contributed by atoms with E-state index in [9.17, 15) is 50.3 Å². The smallest absolute Gasteiger partial charge is 0.431 e. The van der Waals surface area contributed by atoms with E-state index < -0.39 is 67.4 Å². The first-order chi connectivity index (χ1) is 25.0. The minimum atomic E-state index is -5.04. The molecule has 0 aliphatic heterocycles. The van der Waals surface area contributed by atoms with Gasteiger partial charge in [-0.15, -0.1) is 0 Å². The number of benzene rings is 1. The molecule has 13 nitrogen and oxygen atoms in total. The van der Waals surface area contributed by atoms with Crippen LogP contribution in [-0.4, -0.2) is 75.1 Å². The van der Waals surface area contributed by atoms with E-state index >= 15 is 0 Å². The molecule has 3 rings (SSSR count). The minimum Gasteiger partial charge on any atom is -0.511 e. The number of rotatable bonds is 14. The predicted molar refractivity (Wildman–Crippen MR) is 200 cm³/mol. The van der Waals surface area contributed by atoms with Gasteiger partial charge in [0.2, 0.25) is 0 Å². The van der Waals surface area contributed by atoms with Gasteiger partial charge < -0.3 is 9.94 Å². The molecule has 2 aromatic rings. The lowest BCUT2D eigenvalue weighted by Crippen LogP contribution is -2.44. The number of nitrogens with one attached hydrogen (secondary N) is 1. The molecule has 2 unspecified atom stereocenters. The Hall–Kier alpha value is -3.68. The van der Waals surface area contributed by atoms with Crippen LogP contribution in [0.25, 0.3) is 5.69 Å². The number of aliphatic hydroxyl groups is 1. The molecule has 54 heavy (non-hydrogen) atoms. The second kappa shape index (κ2) is 19.8. The number of ketones is 1. The van der Waals surface area contributed by atoms with Gasteiger partial charge in [-0.25, -0.2) is 18.5 Å². The second-order valence-electron chi connectivity index (χ2n) is 12.6. The molecule has 1 aromatic heterocycles. The number of oxime groups is 1. The van der Waals surface area contributed by atoms with Crippen LogP contribution in [0.5, 0.6) is 0 Å². The summed E-state index contributed by atoms with van der Waals surface area (Å²) >= 11 is 7.72. The Morgan fingerprint density at radius 3 is 2.30 bits per heavy atom. The fraction of sp³-hybridized carbons (Fsp3) is 0.559. The summed E-state index contributed by atoms with van der Waals surface area (Å²) in [7, 11) is -2.43. The zero-order chi connectivity index (χ0) is 41.3. The van der Waals surface area contributed by atoms with Crippen molar-refractivity contribution in [1.29, 1.82) is 0 Å². The zero-order valence-electron chi connectivity index (χ0n) is 31.2. The number of alkyl halides is 3. The standard InChI is InChI=1S/C17H17ClF4N4O5S.C17H29NO3S/c1-8(2)25(4)32(30,31)23-15(28)9-5-12(11(19)6-10(9)18)26-14(27)7-13(17(20,21)22)24(3)16(26)29;1-5-8-14(18-21-6-2)17-15(19)10-13(11-16(17)20)9-12(4)22-7-3/h5-8H,1-4H3,(H,23,28);12-13,19H,5-11H2,1-4H3/b;18-14+. The fourth-order valence-corrected chi connectivity index (χ4v) is 7.67. The Kier molecular flexibility index (Phi) is 17.0. The molecule has 1 amide bonds. The number of Topliss-reactive ketones (excluding diaryl/α,β-unsaturated/α-hetero) is 1. The van der Waals surface area contributed by atoms with Crippen LogP contribution in [0.3, 0.4) is 0 Å². The van der Waals surface area contributed by atoms with Crippen molar-refractivity contribution in [3.05, 3.63) is 72.5 Å². The quantitative estimate of drug-likeness (QED) is 0.129. The largest absolute Gasteiger partial charge is 0.511 e. The molecule has 1 aliphatic carbocycles. The van der Waals surface area contributed by atoms with E-state index in [1.165, 1.54) is 20.9 Å². The summed E-state index contributed by atoms with van der Waals surface area (Å²) in [5.41, 5.74) is -5.18. The number of aliphatic hydroxyl groups excluding tert-OH is 1. The van der Waals surface area contributed by atoms with E-state index in [0.717, 1.165) is 29.9 Å². The number of allylic oxidation sites excluding steroid dienone is 2. The van der Waals surface area contributed by atoms with Crippen LogP contribution >= 0.6 is 23.4 Å². The Morgan fingerprint density at radius 2 is 1.78 bits per heavy atom. The van der Waals surface area contributed by atoms with Crippen LogP contribution in [0.15, 0.2) is 44.3 Å². The topological polar surface area (TPSA) is 169 Å². The molecule has 1 aromatic carbocycles. The Labute approximate surface area is 320 Å². The molecule has 0 saturated heterocycles. The summed E-state index contributed by atoms with van der Waals surface area (Å²) in [5.74, 6) is -1.11. The van der Waals surface area contributed by atoms with E-state index in [1.807, 2.05) is 25.6 Å². The summed E-state index contributed by atoms with van der Waals surface area (Å²) < 4.78 is 80.7. The maximum absolute atomic E-state index is 14.5. The highest BCUT2D eigenvalue weighted by atomic mass is 35.5. The van der Waals surface area contributed by atoms with Gasteiger partial charge in [0.05, 0.1) is 27.6 Å². The fourth-order valence-electron chi connectivity index (χ4n) is 5.41. The Morgan fingerprint density at radius 1 is 1.15 bits per heavy atom. The SMILES string of the molecule is CC(C)N(C)S(=O)(=O)NC(=O)c1cc(-n2c(=O)cc(C(F)(F)F)n(C)c2=O)c(F)cc1Cl.CCC/C(=N\OCC)C1=C(O)CC(CC(C)SCC)CC1=O. The van der Waals surface area contributed by atoms with Crippen molar-refractivity contribution >= 4 is 51.0 Å². The van der Waals surface area contributed by atoms with Crippen LogP contribution < -0.4 is 16.0 Å². The van der Waals surface area contributed by atoms with E-state index in [1.54, 1.807) is 4.72 Å². The number of thioether (sulfide) groups is 1. The van der Waals surface area contributed by atoms with Gasteiger partial charge in [-0.2, -0.15) is 37.7 Å². The van der Waals surface area contributed by atoms with Gasteiger partial charge in [0.1, 0.15) is 23.9 Å². The van der Waals surface area contributed by atoms with Crippen molar-refractivity contribution in [2.45, 2.75) is 91.1 Å². The van der Waals surface area contributed by atoms with Gasteiger partial charge in [-0.05, 0) is 57.4 Å². The molecular weight excluding hydrogens is 782 g/mol. The number of carbonyl (C=O) groups excluding carboxylic acids is 2. The zero-order valence-corrected chi connectivity index (χ0v) is 33.6. The van der Waals surface area contributed by atoms with Gasteiger partial charge in [0.25, 0.3) is 11.5 Å². The maximum atomic E-state index is 14.5. The molecule has 0 radical (unpaired) electrons. The highest BCUT2D eigenvalue weighted by molar-refractivity contribution is 7.99. The van der Waals surface area contributed by atoms with E-state index in [-0.39, 0.29) is 32.7 Å². The van der Waals surface area contributed by atoms with E-state index in [4.69, 9.17) is 16.4 Å². The van der Waals surface area contributed by atoms with Crippen molar-refractivity contribution < 1.29 is 45.5 Å². The van der Waals surface area contributed by atoms with Crippen molar-refractivity contribution in [3.63, 3.8) is 0 Å². The van der Waals surface area contributed by atoms with Gasteiger partial charge >= 0.3 is 22.1 Å². The third kappa shape index (κ3) is 11.9. The molecule has 0 spiro atoms. The average Bonchev–Trinajstić information content (AvgIpc) is 3.05. The first-order valence-electron chi connectivity index (χ1n) is 17.0. The van der Waals surface area contributed by atoms with Crippen LogP contribution in [0.1, 0.15) is 89.7 Å². The summed E-state index contributed by atoms with van der Waals surface area (Å²) in [6, 6.07) is 0.660. The van der Waals surface area contributed by atoms with Gasteiger partial charge in [0, 0.05) is 44.3 Å². The first kappa shape index (κ1) is 46.5. The highest BCUT2D eigenvalue weighted by Gasteiger charge is 2.36. The summed E-state index contributed by atoms with van der Waals surface area (Å²) in [5, 5.41) is 14.4.